The summed E-state index contributed by atoms with van der Waals surface area (Å²) in [5, 5.41) is 16.9. The molecule has 3 rings (SSSR count). The second kappa shape index (κ2) is 7.27. The number of aromatic nitrogens is 2. The third-order valence-corrected chi connectivity index (χ3v) is 3.90. The van der Waals surface area contributed by atoms with Crippen molar-refractivity contribution in [2.24, 2.45) is 0 Å². The number of amides is 1. The van der Waals surface area contributed by atoms with Crippen LogP contribution in [-0.4, -0.2) is 27.3 Å². The van der Waals surface area contributed by atoms with E-state index >= 15 is 0 Å². The molecule has 0 aliphatic carbocycles. The van der Waals surface area contributed by atoms with Crippen LogP contribution >= 0.6 is 0 Å². The van der Waals surface area contributed by atoms with Crippen molar-refractivity contribution in [3.8, 4) is 5.69 Å². The Morgan fingerprint density at radius 1 is 1.28 bits per heavy atom. The fourth-order valence-electron chi connectivity index (χ4n) is 2.52. The van der Waals surface area contributed by atoms with E-state index in [-0.39, 0.29) is 12.5 Å². The van der Waals surface area contributed by atoms with Crippen LogP contribution in [0.5, 0.6) is 0 Å². The molecule has 1 atom stereocenters. The first kappa shape index (κ1) is 16.9. The van der Waals surface area contributed by atoms with Crippen molar-refractivity contribution in [1.82, 2.24) is 15.1 Å². The molecule has 0 radical (unpaired) electrons. The Hall–Kier alpha value is -2.99. The Morgan fingerprint density at radius 3 is 2.84 bits per heavy atom. The number of rotatable bonds is 5. The van der Waals surface area contributed by atoms with Crippen LogP contribution < -0.4 is 5.32 Å². The molecular formula is C19H18FN3O2. The summed E-state index contributed by atoms with van der Waals surface area (Å²) in [6, 6.07) is 13.4. The third kappa shape index (κ3) is 3.92. The molecule has 0 aliphatic rings. The molecule has 128 valence electrons. The van der Waals surface area contributed by atoms with Gasteiger partial charge in [-0.15, -0.1) is 0 Å². The lowest BCUT2D eigenvalue weighted by Crippen LogP contribution is -2.28. The summed E-state index contributed by atoms with van der Waals surface area (Å²) in [6.07, 6.45) is 2.12. The Labute approximate surface area is 144 Å². The Kier molecular flexibility index (Phi) is 4.90. The molecule has 2 N–H and O–H groups in total. The molecule has 1 amide bonds. The maximum absolute atomic E-state index is 13.2. The molecule has 5 nitrogen and oxygen atoms in total. The number of benzene rings is 2. The predicted molar refractivity (Wildman–Crippen MR) is 92.0 cm³/mol. The van der Waals surface area contributed by atoms with Gasteiger partial charge in [-0.05, 0) is 36.2 Å². The number of hydrogen-bond donors (Lipinski definition) is 2. The molecule has 6 heteroatoms. The molecule has 25 heavy (non-hydrogen) atoms. The first-order valence-corrected chi connectivity index (χ1v) is 7.87. The zero-order chi connectivity index (χ0) is 17.8. The smallest absolute Gasteiger partial charge is 0.254 e. The molecule has 1 heterocycles. The van der Waals surface area contributed by atoms with Gasteiger partial charge in [0.05, 0.1) is 23.6 Å². The molecule has 0 spiro atoms. The molecule has 3 aromatic rings. The minimum absolute atomic E-state index is 0.0160. The lowest BCUT2D eigenvalue weighted by molar-refractivity contribution is 0.0916. The highest BCUT2D eigenvalue weighted by atomic mass is 19.1. The van der Waals surface area contributed by atoms with Gasteiger partial charge in [-0.1, -0.05) is 30.3 Å². The molecule has 0 fully saturated rings. The summed E-state index contributed by atoms with van der Waals surface area (Å²) < 4.78 is 14.8. The van der Waals surface area contributed by atoms with Crippen molar-refractivity contribution >= 4 is 5.91 Å². The molecule has 0 saturated heterocycles. The van der Waals surface area contributed by atoms with E-state index in [1.54, 1.807) is 16.9 Å². The minimum atomic E-state index is -0.980. The van der Waals surface area contributed by atoms with Gasteiger partial charge in [-0.2, -0.15) is 5.10 Å². The number of halogens is 1. The number of aliphatic hydroxyl groups is 1. The Balaban J connectivity index is 1.65. The van der Waals surface area contributed by atoms with Crippen molar-refractivity contribution in [3.05, 3.63) is 83.4 Å². The first-order chi connectivity index (χ1) is 12.0. The van der Waals surface area contributed by atoms with E-state index in [4.69, 9.17) is 0 Å². The normalized spacial score (nSPS) is 12.0. The van der Waals surface area contributed by atoms with Gasteiger partial charge in [-0.3, -0.25) is 4.79 Å². The van der Waals surface area contributed by atoms with E-state index in [1.165, 1.54) is 24.4 Å². The Morgan fingerprint density at radius 2 is 2.08 bits per heavy atom. The summed E-state index contributed by atoms with van der Waals surface area (Å²) in [5.41, 5.74) is 2.73. The van der Waals surface area contributed by atoms with Crippen molar-refractivity contribution < 1.29 is 14.3 Å². The van der Waals surface area contributed by atoms with Gasteiger partial charge in [0.1, 0.15) is 5.82 Å². The number of nitrogens with one attached hydrogen (secondary N) is 1. The van der Waals surface area contributed by atoms with E-state index in [0.29, 0.717) is 11.1 Å². The zero-order valence-electron chi connectivity index (χ0n) is 13.7. The maximum Gasteiger partial charge on any atom is 0.254 e. The highest BCUT2D eigenvalue weighted by Crippen LogP contribution is 2.15. The fraction of sp³-hybridized carbons (Fsp3) is 0.158. The van der Waals surface area contributed by atoms with Crippen LogP contribution in [0.3, 0.4) is 0 Å². The van der Waals surface area contributed by atoms with Crippen LogP contribution in [0.25, 0.3) is 5.69 Å². The molecular weight excluding hydrogens is 321 g/mol. The van der Waals surface area contributed by atoms with Gasteiger partial charge < -0.3 is 10.4 Å². The maximum atomic E-state index is 13.2. The van der Waals surface area contributed by atoms with Crippen LogP contribution in [0.2, 0.25) is 0 Å². The van der Waals surface area contributed by atoms with Gasteiger partial charge in [0.15, 0.2) is 0 Å². The second-order valence-corrected chi connectivity index (χ2v) is 5.74. The number of hydrogen-bond acceptors (Lipinski definition) is 3. The largest absolute Gasteiger partial charge is 0.387 e. The lowest BCUT2D eigenvalue weighted by Gasteiger charge is -2.11. The predicted octanol–water partition coefficient (Wildman–Crippen LogP) is 2.78. The number of carbonyl (C=O) groups excluding carboxylic acids is 1. The summed E-state index contributed by atoms with van der Waals surface area (Å²) in [6.45, 7) is 1.95. The molecule has 1 aromatic heterocycles. The number of carbonyl (C=O) groups is 1. The van der Waals surface area contributed by atoms with Gasteiger partial charge in [0, 0.05) is 12.7 Å². The van der Waals surface area contributed by atoms with Crippen molar-refractivity contribution in [3.63, 3.8) is 0 Å². The van der Waals surface area contributed by atoms with Gasteiger partial charge in [0.2, 0.25) is 0 Å². The third-order valence-electron chi connectivity index (χ3n) is 3.90. The zero-order valence-corrected chi connectivity index (χ0v) is 13.7. The average Bonchev–Trinajstić information content (AvgIpc) is 3.09. The van der Waals surface area contributed by atoms with Crippen molar-refractivity contribution in [2.75, 3.05) is 6.54 Å². The van der Waals surface area contributed by atoms with Crippen LogP contribution in [0.4, 0.5) is 4.39 Å². The summed E-state index contributed by atoms with van der Waals surface area (Å²) in [7, 11) is 0. The van der Waals surface area contributed by atoms with E-state index in [2.05, 4.69) is 10.4 Å². The van der Waals surface area contributed by atoms with Crippen LogP contribution in [0.1, 0.15) is 27.6 Å². The number of nitrogens with zero attached hydrogens (tertiary/aromatic N) is 2. The minimum Gasteiger partial charge on any atom is -0.387 e. The average molecular weight is 339 g/mol. The van der Waals surface area contributed by atoms with Crippen molar-refractivity contribution in [1.29, 1.82) is 0 Å². The summed E-state index contributed by atoms with van der Waals surface area (Å²) >= 11 is 0. The molecule has 0 unspecified atom stereocenters. The van der Waals surface area contributed by atoms with Gasteiger partial charge in [-0.25, -0.2) is 9.07 Å². The Bertz CT molecular complexity index is 892. The van der Waals surface area contributed by atoms with Crippen LogP contribution in [0, 0.1) is 12.7 Å². The monoisotopic (exact) mass is 339 g/mol. The molecule has 0 saturated carbocycles. The highest BCUT2D eigenvalue weighted by Gasteiger charge is 2.13. The van der Waals surface area contributed by atoms with E-state index < -0.39 is 11.9 Å². The number of aryl methyl sites for hydroxylation is 1. The SMILES string of the molecule is Cc1ccccc1-n1cc(C(=O)NC[C@@H](O)c2cccc(F)c2)cn1. The topological polar surface area (TPSA) is 67.2 Å². The standard InChI is InChI=1S/C19H18FN3O2/c1-13-5-2-3-8-17(13)23-12-15(10-22-23)19(25)21-11-18(24)14-6-4-7-16(20)9-14/h2-10,12,18,24H,11H2,1H3,(H,21,25)/t18-/m1/s1. The summed E-state index contributed by atoms with van der Waals surface area (Å²) in [4.78, 5) is 12.2. The number of aliphatic hydroxyl groups excluding tert-OH is 1. The molecule has 0 bridgehead atoms. The second-order valence-electron chi connectivity index (χ2n) is 5.74. The van der Waals surface area contributed by atoms with E-state index in [9.17, 15) is 14.3 Å². The highest BCUT2D eigenvalue weighted by molar-refractivity contribution is 5.93. The van der Waals surface area contributed by atoms with E-state index in [0.717, 1.165) is 11.3 Å². The quantitative estimate of drug-likeness (QED) is 0.751. The van der Waals surface area contributed by atoms with Gasteiger partial charge >= 0.3 is 0 Å². The fourth-order valence-corrected chi connectivity index (χ4v) is 2.52. The molecule has 2 aromatic carbocycles. The van der Waals surface area contributed by atoms with E-state index in [1.807, 2.05) is 31.2 Å². The molecule has 0 aliphatic heterocycles. The van der Waals surface area contributed by atoms with Crippen LogP contribution in [0.15, 0.2) is 60.9 Å². The first-order valence-electron chi connectivity index (χ1n) is 7.87. The van der Waals surface area contributed by atoms with Crippen molar-refractivity contribution in [2.45, 2.75) is 13.0 Å². The van der Waals surface area contributed by atoms with Gasteiger partial charge in [0.25, 0.3) is 5.91 Å². The van der Waals surface area contributed by atoms with Crippen LogP contribution in [-0.2, 0) is 0 Å². The number of para-hydroxylation sites is 1. The lowest BCUT2D eigenvalue weighted by atomic mass is 10.1. The summed E-state index contributed by atoms with van der Waals surface area (Å²) in [5.74, 6) is -0.780.